The highest BCUT2D eigenvalue weighted by molar-refractivity contribution is 6.26. The fraction of sp³-hybridized carbons (Fsp3) is 0.833. The molecule has 4 fully saturated rings. The third kappa shape index (κ3) is 0.517. The summed E-state index contributed by atoms with van der Waals surface area (Å²) in [6.45, 7) is 4.32. The first-order valence-electron chi connectivity index (χ1n) is 5.58. The summed E-state index contributed by atoms with van der Waals surface area (Å²) >= 11 is 6.72. The molecule has 0 saturated heterocycles. The van der Waals surface area contributed by atoms with E-state index < -0.39 is 0 Å². The van der Waals surface area contributed by atoms with E-state index in [9.17, 15) is 0 Å². The topological polar surface area (TPSA) is 9.23 Å². The van der Waals surface area contributed by atoms with Gasteiger partial charge in [0.25, 0.3) is 0 Å². The Labute approximate surface area is 89.5 Å². The van der Waals surface area contributed by atoms with E-state index in [2.05, 4.69) is 19.9 Å². The van der Waals surface area contributed by atoms with Gasteiger partial charge in [0.05, 0.1) is 10.6 Å². The van der Waals surface area contributed by atoms with Gasteiger partial charge in [-0.05, 0) is 45.1 Å². The third-order valence-corrected chi connectivity index (χ3v) is 5.98. The lowest BCUT2D eigenvalue weighted by Crippen LogP contribution is -2.39. The van der Waals surface area contributed by atoms with E-state index >= 15 is 0 Å². The van der Waals surface area contributed by atoms with Crippen LogP contribution >= 0.6 is 11.6 Å². The van der Waals surface area contributed by atoms with Crippen molar-refractivity contribution >= 4 is 11.6 Å². The first kappa shape index (κ1) is 8.04. The highest BCUT2D eigenvalue weighted by atomic mass is 35.5. The average Bonchev–Trinajstić information content (AvgIpc) is 2.40. The number of allylic oxidation sites excluding steroid dienone is 1. The van der Waals surface area contributed by atoms with Crippen LogP contribution in [0.4, 0.5) is 0 Å². The first-order chi connectivity index (χ1) is 6.52. The van der Waals surface area contributed by atoms with Crippen LogP contribution in [0.2, 0.25) is 0 Å². The zero-order valence-corrected chi connectivity index (χ0v) is 9.40. The van der Waals surface area contributed by atoms with Crippen LogP contribution in [0.25, 0.3) is 0 Å². The fourth-order valence-electron chi connectivity index (χ4n) is 4.81. The Morgan fingerprint density at radius 3 is 2.57 bits per heavy atom. The molecule has 4 saturated carbocycles. The van der Waals surface area contributed by atoms with E-state index in [1.54, 1.807) is 0 Å². The first-order valence-corrected chi connectivity index (χ1v) is 5.96. The van der Waals surface area contributed by atoms with Crippen molar-refractivity contribution in [3.63, 3.8) is 0 Å². The van der Waals surface area contributed by atoms with Crippen molar-refractivity contribution in [1.29, 1.82) is 0 Å². The van der Waals surface area contributed by atoms with Gasteiger partial charge in [0.2, 0.25) is 0 Å². The molecule has 5 rings (SSSR count). The van der Waals surface area contributed by atoms with Crippen LogP contribution in [0, 0.1) is 17.3 Å². The van der Waals surface area contributed by atoms with E-state index in [1.165, 1.54) is 19.3 Å². The highest BCUT2D eigenvalue weighted by Crippen LogP contribution is 2.86. The summed E-state index contributed by atoms with van der Waals surface area (Å²) < 4.78 is 6.00. The molecule has 14 heavy (non-hydrogen) atoms. The number of hydrogen-bond donors (Lipinski definition) is 0. The van der Waals surface area contributed by atoms with E-state index in [1.807, 2.05) is 0 Å². The summed E-state index contributed by atoms with van der Waals surface area (Å²) in [7, 11) is 0. The SMILES string of the molecule is CC1=CC2C(C)(O1)C21CC2CC1(Cl)C2. The lowest BCUT2D eigenvalue weighted by molar-refractivity contribution is 0.0695. The van der Waals surface area contributed by atoms with E-state index in [0.29, 0.717) is 11.3 Å². The molecule has 0 amide bonds. The van der Waals surface area contributed by atoms with Crippen LogP contribution < -0.4 is 0 Å². The second-order valence-electron chi connectivity index (χ2n) is 5.88. The molecule has 1 heterocycles. The van der Waals surface area contributed by atoms with Gasteiger partial charge in [-0.2, -0.15) is 0 Å². The van der Waals surface area contributed by atoms with Gasteiger partial charge in [0.1, 0.15) is 5.60 Å². The lowest BCUT2D eigenvalue weighted by atomic mass is 9.78. The quantitative estimate of drug-likeness (QED) is 0.559. The number of hydrogen-bond acceptors (Lipinski definition) is 1. The van der Waals surface area contributed by atoms with Crippen molar-refractivity contribution in [2.75, 3.05) is 0 Å². The van der Waals surface area contributed by atoms with Gasteiger partial charge >= 0.3 is 0 Å². The van der Waals surface area contributed by atoms with Crippen LogP contribution in [0.1, 0.15) is 33.1 Å². The Hall–Kier alpha value is -0.170. The summed E-state index contributed by atoms with van der Waals surface area (Å²) in [6.07, 6.45) is 6.08. The molecule has 0 radical (unpaired) electrons. The lowest BCUT2D eigenvalue weighted by Gasteiger charge is -2.37. The Morgan fingerprint density at radius 1 is 1.43 bits per heavy atom. The second-order valence-corrected chi connectivity index (χ2v) is 6.60. The number of alkyl halides is 1. The van der Waals surface area contributed by atoms with Gasteiger partial charge in [-0.15, -0.1) is 11.6 Å². The molecule has 0 aromatic carbocycles. The molecule has 0 N–H and O–H groups in total. The van der Waals surface area contributed by atoms with Crippen molar-refractivity contribution in [2.45, 2.75) is 43.6 Å². The van der Waals surface area contributed by atoms with Crippen LogP contribution in [0.5, 0.6) is 0 Å². The molecular weight excluding hydrogens is 196 g/mol. The molecule has 3 unspecified atom stereocenters. The molecule has 1 nitrogen and oxygen atoms in total. The second kappa shape index (κ2) is 1.77. The molecular formula is C12H15ClO. The van der Waals surface area contributed by atoms with E-state index in [-0.39, 0.29) is 10.5 Å². The molecule has 0 aromatic rings. The number of ether oxygens (including phenoxy) is 1. The summed E-state index contributed by atoms with van der Waals surface area (Å²) in [5, 5.41) is 0. The molecule has 5 aliphatic rings. The molecule has 3 atom stereocenters. The predicted molar refractivity (Wildman–Crippen MR) is 55.1 cm³/mol. The van der Waals surface area contributed by atoms with Crippen LogP contribution in [0.3, 0.4) is 0 Å². The normalized spacial score (nSPS) is 67.2. The fourth-order valence-corrected chi connectivity index (χ4v) is 5.63. The van der Waals surface area contributed by atoms with E-state index in [0.717, 1.165) is 11.7 Å². The van der Waals surface area contributed by atoms with Crippen molar-refractivity contribution in [2.24, 2.45) is 17.3 Å². The monoisotopic (exact) mass is 210 g/mol. The zero-order chi connectivity index (χ0) is 9.77. The van der Waals surface area contributed by atoms with Crippen molar-refractivity contribution < 1.29 is 4.74 Å². The molecule has 0 aromatic heterocycles. The van der Waals surface area contributed by atoms with Crippen LogP contribution in [-0.4, -0.2) is 10.5 Å². The molecule has 4 aliphatic carbocycles. The van der Waals surface area contributed by atoms with Gasteiger partial charge in [0.15, 0.2) is 0 Å². The number of rotatable bonds is 0. The summed E-state index contributed by atoms with van der Waals surface area (Å²) in [4.78, 5) is 0.0916. The van der Waals surface area contributed by atoms with E-state index in [4.69, 9.17) is 16.3 Å². The van der Waals surface area contributed by atoms with Crippen molar-refractivity contribution in [3.05, 3.63) is 11.8 Å². The van der Waals surface area contributed by atoms with Crippen molar-refractivity contribution in [1.82, 2.24) is 0 Å². The van der Waals surface area contributed by atoms with Crippen molar-refractivity contribution in [3.8, 4) is 0 Å². The smallest absolute Gasteiger partial charge is 0.121 e. The summed E-state index contributed by atoms with van der Waals surface area (Å²) in [5.74, 6) is 2.61. The minimum atomic E-state index is 0.0596. The molecule has 1 aliphatic heterocycles. The zero-order valence-electron chi connectivity index (χ0n) is 8.64. The largest absolute Gasteiger partial charge is 0.491 e. The molecule has 76 valence electrons. The Balaban J connectivity index is 1.83. The van der Waals surface area contributed by atoms with Gasteiger partial charge in [-0.1, -0.05) is 0 Å². The Kier molecular flexibility index (Phi) is 1.02. The minimum absolute atomic E-state index is 0.0596. The molecule has 2 bridgehead atoms. The minimum Gasteiger partial charge on any atom is -0.491 e. The number of fused-ring (bicyclic) bond motifs is 1. The predicted octanol–water partition coefficient (Wildman–Crippen LogP) is 3.09. The third-order valence-electron chi connectivity index (χ3n) is 5.34. The van der Waals surface area contributed by atoms with Gasteiger partial charge in [-0.25, -0.2) is 0 Å². The van der Waals surface area contributed by atoms with Crippen LogP contribution in [0.15, 0.2) is 11.8 Å². The Morgan fingerprint density at radius 2 is 2.14 bits per heavy atom. The summed E-state index contributed by atoms with van der Waals surface area (Å²) in [6, 6.07) is 0. The number of halogens is 1. The average molecular weight is 211 g/mol. The van der Waals surface area contributed by atoms with Gasteiger partial charge in [0, 0.05) is 11.3 Å². The maximum absolute atomic E-state index is 6.72. The summed E-state index contributed by atoms with van der Waals surface area (Å²) in [5.41, 5.74) is 0.371. The molecule has 1 spiro atoms. The highest BCUT2D eigenvalue weighted by Gasteiger charge is 2.89. The van der Waals surface area contributed by atoms with Crippen LogP contribution in [-0.2, 0) is 4.74 Å². The Bertz CT molecular complexity index is 369. The molecule has 2 heteroatoms. The van der Waals surface area contributed by atoms with Gasteiger partial charge in [-0.3, -0.25) is 0 Å². The standard InChI is InChI=1S/C12H15ClO/c1-7-3-9-10(2,14-7)12(9)6-8-4-11(12,13)5-8/h3,8-9H,4-6H2,1-2H3. The maximum Gasteiger partial charge on any atom is 0.121 e. The maximum atomic E-state index is 6.72. The van der Waals surface area contributed by atoms with Gasteiger partial charge < -0.3 is 4.74 Å².